The van der Waals surface area contributed by atoms with Crippen molar-refractivity contribution in [3.05, 3.63) is 68.8 Å². The van der Waals surface area contributed by atoms with Gasteiger partial charge in [-0.2, -0.15) is 15.8 Å². The molecule has 0 aromatic carbocycles. The highest BCUT2D eigenvalue weighted by molar-refractivity contribution is 5.95. The number of ether oxygens (including phenoxy) is 3. The number of hydrogen-bond acceptors (Lipinski definition) is 13. The van der Waals surface area contributed by atoms with E-state index in [2.05, 4.69) is 80.6 Å². The minimum absolute atomic E-state index is 0.0392. The first kappa shape index (κ1) is 47.1. The van der Waals surface area contributed by atoms with Crippen molar-refractivity contribution in [2.75, 3.05) is 59.1 Å². The Balaban J connectivity index is 1.83. The molecule has 0 aromatic rings. The van der Waals surface area contributed by atoms with Crippen molar-refractivity contribution < 1.29 is 28.6 Å². The molecule has 0 heterocycles. The molecule has 0 atom stereocenters. The number of allylic oxidation sites excluding steroid dienone is 9. The lowest BCUT2D eigenvalue weighted by atomic mass is 9.76. The molecule has 13 heteroatoms. The van der Waals surface area contributed by atoms with Crippen molar-refractivity contribution in [3.8, 4) is 18.2 Å². The van der Waals surface area contributed by atoms with E-state index in [1.165, 1.54) is 0 Å². The van der Waals surface area contributed by atoms with Crippen LogP contribution in [0.1, 0.15) is 101 Å². The summed E-state index contributed by atoms with van der Waals surface area (Å²) >= 11 is 0. The zero-order chi connectivity index (χ0) is 43.1. The van der Waals surface area contributed by atoms with E-state index in [0.29, 0.717) is 75.3 Å². The molecule has 58 heavy (non-hydrogen) atoms. The van der Waals surface area contributed by atoms with Crippen LogP contribution in [-0.2, 0) is 28.6 Å². The summed E-state index contributed by atoms with van der Waals surface area (Å²) in [6.07, 6.45) is 9.77. The van der Waals surface area contributed by atoms with Gasteiger partial charge in [0.25, 0.3) is 0 Å². The highest BCUT2D eigenvalue weighted by Gasteiger charge is 2.32. The highest BCUT2D eigenvalue weighted by Crippen LogP contribution is 2.40. The maximum absolute atomic E-state index is 12.6. The Kier molecular flexibility index (Phi) is 17.4. The molecule has 3 N–H and O–H groups in total. The van der Waals surface area contributed by atoms with Gasteiger partial charge in [-0.1, -0.05) is 41.5 Å². The van der Waals surface area contributed by atoms with Crippen LogP contribution in [0.2, 0.25) is 0 Å². The van der Waals surface area contributed by atoms with Gasteiger partial charge >= 0.3 is 17.9 Å². The standard InChI is InChI=1S/C45H63N7O6/c1-10-56-40(53)37(28-46)31-19-34(25-43(4,5)22-31)49-13-16-52(17-14-50-35-20-32(23-44(6,7)26-35)38(29-47)41(54)57-11-2)18-15-51-36-21-33(24-45(8,9)27-36)39(30-48)42(55)58-12-3/h19-21,49-51H,10-18,22-27H2,1-9H3/b37-31-,38-32+,39-33+. The third-order valence-corrected chi connectivity index (χ3v) is 10.1. The molecule has 0 aromatic heterocycles. The van der Waals surface area contributed by atoms with E-state index < -0.39 is 17.9 Å². The first-order valence-electron chi connectivity index (χ1n) is 20.4. The molecule has 314 valence electrons. The van der Waals surface area contributed by atoms with Crippen LogP contribution in [0.5, 0.6) is 0 Å². The van der Waals surface area contributed by atoms with Crippen LogP contribution in [0, 0.1) is 50.2 Å². The first-order valence-corrected chi connectivity index (χ1v) is 20.4. The van der Waals surface area contributed by atoms with Crippen molar-refractivity contribution in [2.45, 2.75) is 101 Å². The Labute approximate surface area is 345 Å². The molecule has 0 aliphatic heterocycles. The average molecular weight is 798 g/mol. The zero-order valence-corrected chi connectivity index (χ0v) is 36.1. The predicted octanol–water partition coefficient (Wildman–Crippen LogP) is 6.32. The lowest BCUT2D eigenvalue weighted by Gasteiger charge is -2.34. The van der Waals surface area contributed by atoms with Crippen molar-refractivity contribution in [1.29, 1.82) is 15.8 Å². The molecule has 3 aliphatic carbocycles. The van der Waals surface area contributed by atoms with Gasteiger partial charge in [0.1, 0.15) is 34.9 Å². The first-order chi connectivity index (χ1) is 27.4. The molecule has 3 rings (SSSR count). The smallest absolute Gasteiger partial charge is 0.349 e. The van der Waals surface area contributed by atoms with Crippen molar-refractivity contribution >= 4 is 17.9 Å². The third kappa shape index (κ3) is 14.3. The minimum atomic E-state index is -0.605. The summed E-state index contributed by atoms with van der Waals surface area (Å²) in [7, 11) is 0. The van der Waals surface area contributed by atoms with Gasteiger partial charge in [0, 0.05) is 56.4 Å². The largest absolute Gasteiger partial charge is 0.462 e. The summed E-state index contributed by atoms with van der Waals surface area (Å²) in [6.45, 7) is 22.3. The molecule has 3 aliphatic rings. The maximum atomic E-state index is 12.6. The second-order valence-corrected chi connectivity index (χ2v) is 17.4. The summed E-state index contributed by atoms with van der Waals surface area (Å²) in [4.78, 5) is 40.1. The summed E-state index contributed by atoms with van der Waals surface area (Å²) in [6, 6.07) is 6.19. The number of carbonyl (C=O) groups excluding carboxylic acids is 3. The van der Waals surface area contributed by atoms with Crippen molar-refractivity contribution in [3.63, 3.8) is 0 Å². The van der Waals surface area contributed by atoms with E-state index in [1.54, 1.807) is 20.8 Å². The van der Waals surface area contributed by atoms with E-state index in [-0.39, 0.29) is 52.8 Å². The summed E-state index contributed by atoms with van der Waals surface area (Å²) in [5.74, 6) is -1.81. The Hall–Kier alpha value is -5.32. The molecule has 0 unspecified atom stereocenters. The van der Waals surface area contributed by atoms with Crippen molar-refractivity contribution in [1.82, 2.24) is 20.9 Å². The van der Waals surface area contributed by atoms with Gasteiger partial charge in [-0.3, -0.25) is 4.90 Å². The summed E-state index contributed by atoms with van der Waals surface area (Å²) < 4.78 is 15.5. The predicted molar refractivity (Wildman–Crippen MR) is 222 cm³/mol. The normalized spacial score (nSPS) is 20.6. The molecule has 0 saturated carbocycles. The van der Waals surface area contributed by atoms with E-state index in [0.717, 1.165) is 36.4 Å². The number of esters is 3. The molecule has 0 saturated heterocycles. The van der Waals surface area contributed by atoms with Crippen LogP contribution >= 0.6 is 0 Å². The van der Waals surface area contributed by atoms with Gasteiger partial charge in [0.2, 0.25) is 0 Å². The Bertz CT molecular complexity index is 1660. The quantitative estimate of drug-likeness (QED) is 0.0606. The molecule has 0 radical (unpaired) electrons. The van der Waals surface area contributed by atoms with Crippen LogP contribution in [-0.4, -0.2) is 81.9 Å². The average Bonchev–Trinajstić information content (AvgIpc) is 3.11. The number of nitriles is 3. The Morgan fingerprint density at radius 2 is 0.793 bits per heavy atom. The van der Waals surface area contributed by atoms with Gasteiger partial charge in [0.05, 0.1) is 19.8 Å². The lowest BCUT2D eigenvalue weighted by molar-refractivity contribution is -0.139. The van der Waals surface area contributed by atoms with Gasteiger partial charge < -0.3 is 30.2 Å². The van der Waals surface area contributed by atoms with E-state index in [1.807, 2.05) is 18.2 Å². The SMILES string of the molecule is CCOC(=O)/C(C#N)=C1\C=C(NCCN(CCNC2=C/C(=C(/C#N)C(=O)OCC)CC(C)(C)C2)CCNC2=C/C(=C(\C#N)C(=O)OCC)CC(C)(C)C2)CC(C)(C)C1. The van der Waals surface area contributed by atoms with Crippen LogP contribution in [0.15, 0.2) is 68.8 Å². The fourth-order valence-corrected chi connectivity index (χ4v) is 7.85. The summed E-state index contributed by atoms with van der Waals surface area (Å²) in [5.41, 5.74) is 4.47. The van der Waals surface area contributed by atoms with Gasteiger partial charge in [0.15, 0.2) is 0 Å². The second kappa shape index (κ2) is 21.4. The molecule has 0 amide bonds. The monoisotopic (exact) mass is 797 g/mol. The van der Waals surface area contributed by atoms with Gasteiger partial charge in [-0.15, -0.1) is 0 Å². The zero-order valence-electron chi connectivity index (χ0n) is 36.1. The van der Waals surface area contributed by atoms with Crippen LogP contribution < -0.4 is 16.0 Å². The van der Waals surface area contributed by atoms with Crippen LogP contribution in [0.3, 0.4) is 0 Å². The van der Waals surface area contributed by atoms with Gasteiger partial charge in [-0.25, -0.2) is 14.4 Å². The fraction of sp³-hybridized carbons (Fsp3) is 0.600. The Morgan fingerprint density at radius 1 is 0.534 bits per heavy atom. The molecular weight excluding hydrogens is 735 g/mol. The molecule has 0 bridgehead atoms. The van der Waals surface area contributed by atoms with E-state index in [9.17, 15) is 30.2 Å². The second-order valence-electron chi connectivity index (χ2n) is 17.4. The topological polar surface area (TPSA) is 190 Å². The number of carbonyl (C=O) groups is 3. The number of nitrogens with zero attached hydrogens (tertiary/aromatic N) is 4. The number of nitrogens with one attached hydrogen (secondary N) is 3. The van der Waals surface area contributed by atoms with Crippen molar-refractivity contribution in [2.24, 2.45) is 16.2 Å². The third-order valence-electron chi connectivity index (χ3n) is 10.1. The Morgan fingerprint density at radius 3 is 1.02 bits per heavy atom. The molecule has 13 nitrogen and oxygen atoms in total. The molecular formula is C45H63N7O6. The molecule has 0 fully saturated rings. The minimum Gasteiger partial charge on any atom is -0.462 e. The van der Waals surface area contributed by atoms with Gasteiger partial charge in [-0.05, 0) is 110 Å². The summed E-state index contributed by atoms with van der Waals surface area (Å²) in [5, 5.41) is 40.2. The lowest BCUT2D eigenvalue weighted by Crippen LogP contribution is -2.41. The maximum Gasteiger partial charge on any atom is 0.349 e. The van der Waals surface area contributed by atoms with E-state index >= 15 is 0 Å². The van der Waals surface area contributed by atoms with Crippen LogP contribution in [0.25, 0.3) is 0 Å². The number of hydrogen-bond donors (Lipinski definition) is 3. The number of rotatable bonds is 18. The van der Waals surface area contributed by atoms with E-state index in [4.69, 9.17) is 14.2 Å². The van der Waals surface area contributed by atoms with Crippen LogP contribution in [0.4, 0.5) is 0 Å². The fourth-order valence-electron chi connectivity index (χ4n) is 7.85. The molecule has 0 spiro atoms. The highest BCUT2D eigenvalue weighted by atomic mass is 16.5.